The van der Waals surface area contributed by atoms with Crippen LogP contribution in [0.15, 0.2) is 67.3 Å². The largest absolute Gasteiger partial charge is 0.449 e. The lowest BCUT2D eigenvalue weighted by atomic mass is 9.97. The quantitative estimate of drug-likeness (QED) is 0.334. The van der Waals surface area contributed by atoms with Crippen molar-refractivity contribution in [1.29, 1.82) is 0 Å². The lowest BCUT2D eigenvalue weighted by Gasteiger charge is -2.34. The summed E-state index contributed by atoms with van der Waals surface area (Å²) in [7, 11) is 0. The van der Waals surface area contributed by atoms with Crippen molar-refractivity contribution in [2.24, 2.45) is 5.92 Å². The highest BCUT2D eigenvalue weighted by Crippen LogP contribution is 2.28. The Hall–Kier alpha value is -3.85. The minimum Gasteiger partial charge on any atom is -0.449 e. The first-order valence-electron chi connectivity index (χ1n) is 15.1. The second-order valence-corrected chi connectivity index (χ2v) is 11.2. The van der Waals surface area contributed by atoms with Crippen LogP contribution in [0.4, 0.5) is 15.3 Å². The molecule has 226 valence electrons. The van der Waals surface area contributed by atoms with E-state index in [4.69, 9.17) is 9.47 Å². The summed E-state index contributed by atoms with van der Waals surface area (Å²) in [5.74, 6) is 0.442. The molecule has 1 unspecified atom stereocenters. The number of likely N-dealkylation sites (tertiary alicyclic amines) is 2. The van der Waals surface area contributed by atoms with Gasteiger partial charge in [-0.15, -0.1) is 6.58 Å². The highest BCUT2D eigenvalue weighted by atomic mass is 16.6. The third kappa shape index (κ3) is 9.62. The number of piperidine rings is 2. The van der Waals surface area contributed by atoms with Crippen LogP contribution in [0.1, 0.15) is 45.4 Å². The number of benzene rings is 2. The predicted molar refractivity (Wildman–Crippen MR) is 164 cm³/mol. The van der Waals surface area contributed by atoms with Crippen molar-refractivity contribution in [3.05, 3.63) is 67.3 Å². The number of amides is 3. The first kappa shape index (κ1) is 31.1. The van der Waals surface area contributed by atoms with Crippen molar-refractivity contribution in [3.8, 4) is 11.1 Å². The molecule has 42 heavy (non-hydrogen) atoms. The maximum atomic E-state index is 12.8. The Kier molecular flexibility index (Phi) is 11.8. The fourth-order valence-corrected chi connectivity index (χ4v) is 5.51. The van der Waals surface area contributed by atoms with Crippen LogP contribution in [0.3, 0.4) is 0 Å². The van der Waals surface area contributed by atoms with E-state index in [0.717, 1.165) is 55.6 Å². The number of para-hydroxylation sites is 1. The van der Waals surface area contributed by atoms with Gasteiger partial charge in [0.15, 0.2) is 0 Å². The lowest BCUT2D eigenvalue weighted by molar-refractivity contribution is -0.133. The molecule has 2 heterocycles. The third-order valence-corrected chi connectivity index (χ3v) is 8.00. The van der Waals surface area contributed by atoms with E-state index in [0.29, 0.717) is 39.1 Å². The van der Waals surface area contributed by atoms with Crippen molar-refractivity contribution < 1.29 is 23.9 Å². The van der Waals surface area contributed by atoms with Crippen LogP contribution in [0.5, 0.6) is 0 Å². The monoisotopic (exact) mass is 576 g/mol. The zero-order chi connectivity index (χ0) is 29.7. The van der Waals surface area contributed by atoms with Crippen LogP contribution in [0.2, 0.25) is 0 Å². The van der Waals surface area contributed by atoms with E-state index in [2.05, 4.69) is 22.1 Å². The van der Waals surface area contributed by atoms with E-state index < -0.39 is 12.2 Å². The van der Waals surface area contributed by atoms with Crippen molar-refractivity contribution in [2.45, 2.75) is 57.6 Å². The van der Waals surface area contributed by atoms with Gasteiger partial charge in [-0.1, -0.05) is 54.6 Å². The van der Waals surface area contributed by atoms with Crippen molar-refractivity contribution in [2.75, 3.05) is 44.6 Å². The zero-order valence-electron chi connectivity index (χ0n) is 24.6. The molecule has 0 spiro atoms. The molecule has 2 aliphatic heterocycles. The van der Waals surface area contributed by atoms with Gasteiger partial charge in [-0.3, -0.25) is 10.1 Å². The van der Waals surface area contributed by atoms with Crippen LogP contribution >= 0.6 is 0 Å². The molecule has 4 rings (SSSR count). The van der Waals surface area contributed by atoms with Gasteiger partial charge in [-0.05, 0) is 56.6 Å². The zero-order valence-corrected chi connectivity index (χ0v) is 24.6. The fraction of sp³-hybridized carbons (Fsp3) is 0.485. The Bertz CT molecular complexity index is 1170. The van der Waals surface area contributed by atoms with Crippen LogP contribution in [0, 0.1) is 5.92 Å². The SMILES string of the molecule is C=CCC(C)NC(=O)OCC1CCN(C(=O)CCN2CCC(OC(=O)Nc3ccccc3-c3ccccc3)CC2)CC1. The summed E-state index contributed by atoms with van der Waals surface area (Å²) in [6.07, 6.45) is 5.12. The van der Waals surface area contributed by atoms with Crippen molar-refractivity contribution in [1.82, 2.24) is 15.1 Å². The smallest absolute Gasteiger partial charge is 0.411 e. The molecule has 0 aromatic heterocycles. The van der Waals surface area contributed by atoms with Crippen molar-refractivity contribution >= 4 is 23.8 Å². The average Bonchev–Trinajstić information content (AvgIpc) is 3.00. The van der Waals surface area contributed by atoms with E-state index in [-0.39, 0.29) is 24.0 Å². The molecule has 9 heteroatoms. The van der Waals surface area contributed by atoms with Gasteiger partial charge in [-0.25, -0.2) is 9.59 Å². The Labute approximate surface area is 249 Å². The first-order valence-corrected chi connectivity index (χ1v) is 15.1. The van der Waals surface area contributed by atoms with Crippen LogP contribution in [0.25, 0.3) is 11.1 Å². The maximum Gasteiger partial charge on any atom is 0.411 e. The molecule has 0 aliphatic carbocycles. The van der Waals surface area contributed by atoms with Crippen molar-refractivity contribution in [3.63, 3.8) is 0 Å². The molecule has 2 saturated heterocycles. The number of nitrogens with zero attached hydrogens (tertiary/aromatic N) is 2. The Morgan fingerprint density at radius 2 is 1.64 bits per heavy atom. The summed E-state index contributed by atoms with van der Waals surface area (Å²) in [4.78, 5) is 41.6. The predicted octanol–water partition coefficient (Wildman–Crippen LogP) is 5.69. The molecule has 0 radical (unpaired) electrons. The molecule has 2 aromatic carbocycles. The minimum absolute atomic E-state index is 0.000576. The molecule has 2 aliphatic rings. The van der Waals surface area contributed by atoms with Crippen LogP contribution in [-0.4, -0.2) is 79.4 Å². The van der Waals surface area contributed by atoms with Gasteiger partial charge >= 0.3 is 12.2 Å². The van der Waals surface area contributed by atoms with Gasteiger partial charge < -0.3 is 24.6 Å². The van der Waals surface area contributed by atoms with Crippen LogP contribution in [-0.2, 0) is 14.3 Å². The van der Waals surface area contributed by atoms with Gasteiger partial charge in [0, 0.05) is 50.7 Å². The number of hydrogen-bond donors (Lipinski definition) is 2. The van der Waals surface area contributed by atoms with E-state index >= 15 is 0 Å². The molecular weight excluding hydrogens is 532 g/mol. The molecule has 2 fully saturated rings. The molecule has 2 aromatic rings. The molecule has 9 nitrogen and oxygen atoms in total. The molecule has 3 amide bonds. The Morgan fingerprint density at radius 3 is 2.36 bits per heavy atom. The minimum atomic E-state index is -0.441. The van der Waals surface area contributed by atoms with Gasteiger partial charge in [0.2, 0.25) is 5.91 Å². The summed E-state index contributed by atoms with van der Waals surface area (Å²) < 4.78 is 11.1. The summed E-state index contributed by atoms with van der Waals surface area (Å²) in [6.45, 7) is 9.64. The number of alkyl carbamates (subject to hydrolysis) is 1. The van der Waals surface area contributed by atoms with Gasteiger partial charge in [-0.2, -0.15) is 0 Å². The Morgan fingerprint density at radius 1 is 0.952 bits per heavy atom. The third-order valence-electron chi connectivity index (χ3n) is 8.00. The Balaban J connectivity index is 1.10. The van der Waals surface area contributed by atoms with Gasteiger partial charge in [0.1, 0.15) is 6.10 Å². The highest BCUT2D eigenvalue weighted by Gasteiger charge is 2.26. The molecule has 0 bridgehead atoms. The number of carbonyl (C=O) groups is 3. The second-order valence-electron chi connectivity index (χ2n) is 11.2. The number of ether oxygens (including phenoxy) is 2. The normalized spacial score (nSPS) is 17.2. The summed E-state index contributed by atoms with van der Waals surface area (Å²) in [6, 6.07) is 17.6. The molecule has 2 N–H and O–H groups in total. The topological polar surface area (TPSA) is 100 Å². The number of nitrogens with one attached hydrogen (secondary N) is 2. The second kappa shape index (κ2) is 16.0. The van der Waals surface area contributed by atoms with Crippen LogP contribution < -0.4 is 10.6 Å². The summed E-state index contributed by atoms with van der Waals surface area (Å²) >= 11 is 0. The number of hydrogen-bond acceptors (Lipinski definition) is 6. The summed E-state index contributed by atoms with van der Waals surface area (Å²) in [5, 5.41) is 5.71. The highest BCUT2D eigenvalue weighted by molar-refractivity contribution is 5.91. The van der Waals surface area contributed by atoms with E-state index in [1.807, 2.05) is 66.4 Å². The number of anilines is 1. The maximum absolute atomic E-state index is 12.8. The molecule has 1 atom stereocenters. The lowest BCUT2D eigenvalue weighted by Crippen LogP contribution is -2.43. The number of rotatable bonds is 11. The average molecular weight is 577 g/mol. The number of carbonyl (C=O) groups excluding carboxylic acids is 3. The first-order chi connectivity index (χ1) is 20.4. The van der Waals surface area contributed by atoms with Gasteiger partial charge in [0.05, 0.1) is 12.3 Å². The van der Waals surface area contributed by atoms with Gasteiger partial charge in [0.25, 0.3) is 0 Å². The fourth-order valence-electron chi connectivity index (χ4n) is 5.51. The standard InChI is InChI=1S/C33H44N4O5/c1-3-9-25(2)34-32(39)41-24-26-14-22-37(23-15-26)31(38)18-21-36-19-16-28(17-20-36)42-33(40)35-30-13-8-7-12-29(30)27-10-5-4-6-11-27/h3-8,10-13,25-26,28H,1,9,14-24H2,2H3,(H,34,39)(H,35,40). The summed E-state index contributed by atoms with van der Waals surface area (Å²) in [5.41, 5.74) is 2.70. The molecular formula is C33H44N4O5. The van der Waals surface area contributed by atoms with E-state index in [9.17, 15) is 14.4 Å². The molecule has 0 saturated carbocycles. The van der Waals surface area contributed by atoms with E-state index in [1.54, 1.807) is 6.08 Å². The van der Waals surface area contributed by atoms with E-state index in [1.165, 1.54) is 0 Å².